The fourth-order valence-corrected chi connectivity index (χ4v) is 2.73. The fourth-order valence-electron chi connectivity index (χ4n) is 1.74. The van der Waals surface area contributed by atoms with Crippen LogP contribution in [-0.2, 0) is 0 Å². The molecule has 1 N–H and O–H groups in total. The van der Waals surface area contributed by atoms with E-state index in [1.54, 1.807) is 35.7 Å². The summed E-state index contributed by atoms with van der Waals surface area (Å²) in [5, 5.41) is 18.9. The van der Waals surface area contributed by atoms with Crippen molar-refractivity contribution in [1.82, 2.24) is 9.97 Å². The van der Waals surface area contributed by atoms with E-state index in [2.05, 4.69) is 20.2 Å². The molecule has 19 heavy (non-hydrogen) atoms. The highest BCUT2D eigenvalue weighted by Gasteiger charge is 2.08. The molecule has 0 bridgehead atoms. The van der Waals surface area contributed by atoms with E-state index < -0.39 is 0 Å². The highest BCUT2D eigenvalue weighted by Crippen LogP contribution is 2.38. The Bertz CT molecular complexity index is 752. The zero-order chi connectivity index (χ0) is 13.2. The van der Waals surface area contributed by atoms with Gasteiger partial charge >= 0.3 is 0 Å². The van der Waals surface area contributed by atoms with Gasteiger partial charge in [0.1, 0.15) is 17.8 Å². The van der Waals surface area contributed by atoms with Crippen molar-refractivity contribution in [2.24, 2.45) is 10.2 Å². The number of phenols is 1. The van der Waals surface area contributed by atoms with Gasteiger partial charge in [-0.2, -0.15) is 0 Å². The Labute approximate surface area is 113 Å². The fraction of sp³-hybridized carbons (Fsp3) is 0.0769. The van der Waals surface area contributed by atoms with Gasteiger partial charge in [-0.1, -0.05) is 0 Å². The molecule has 0 saturated carbocycles. The molecule has 0 aliphatic heterocycles. The normalized spacial score (nSPS) is 11.4. The van der Waals surface area contributed by atoms with Gasteiger partial charge in [0.15, 0.2) is 5.82 Å². The van der Waals surface area contributed by atoms with Gasteiger partial charge in [0.2, 0.25) is 0 Å². The van der Waals surface area contributed by atoms with E-state index in [1.807, 2.05) is 13.0 Å². The zero-order valence-electron chi connectivity index (χ0n) is 10.1. The average molecular weight is 270 g/mol. The first kappa shape index (κ1) is 11.7. The van der Waals surface area contributed by atoms with Crippen LogP contribution in [0.25, 0.3) is 10.1 Å². The molecule has 94 valence electrons. The topological polar surface area (TPSA) is 70.7 Å². The Kier molecular flexibility index (Phi) is 2.92. The molecule has 5 nitrogen and oxygen atoms in total. The lowest BCUT2D eigenvalue weighted by atomic mass is 10.2. The minimum absolute atomic E-state index is 0.264. The number of phenolic OH excluding ortho intramolecular Hbond substituents is 1. The van der Waals surface area contributed by atoms with Gasteiger partial charge in [0, 0.05) is 22.5 Å². The number of aryl methyl sites for hydroxylation is 1. The van der Waals surface area contributed by atoms with Gasteiger partial charge in [0.25, 0.3) is 0 Å². The van der Waals surface area contributed by atoms with E-state index in [0.29, 0.717) is 5.82 Å². The maximum absolute atomic E-state index is 9.81. The van der Waals surface area contributed by atoms with E-state index in [1.165, 1.54) is 6.33 Å². The predicted octanol–water partition coefficient (Wildman–Crippen LogP) is 4.12. The van der Waals surface area contributed by atoms with Gasteiger partial charge in [0.05, 0.1) is 4.70 Å². The molecule has 0 saturated heterocycles. The van der Waals surface area contributed by atoms with Crippen LogP contribution in [-0.4, -0.2) is 15.1 Å². The van der Waals surface area contributed by atoms with E-state index in [4.69, 9.17) is 0 Å². The largest absolute Gasteiger partial charge is 0.507 e. The molecule has 0 fully saturated rings. The molecule has 0 atom stereocenters. The number of thiophene rings is 1. The molecule has 3 aromatic rings. The van der Waals surface area contributed by atoms with Crippen LogP contribution in [0.4, 0.5) is 11.5 Å². The summed E-state index contributed by atoms with van der Waals surface area (Å²) in [6.45, 7) is 2.00. The Hall–Kier alpha value is -2.34. The number of hydrogen-bond donors (Lipinski definition) is 1. The highest BCUT2D eigenvalue weighted by molar-refractivity contribution is 7.19. The van der Waals surface area contributed by atoms with Crippen molar-refractivity contribution < 1.29 is 5.11 Å². The zero-order valence-corrected chi connectivity index (χ0v) is 10.9. The summed E-state index contributed by atoms with van der Waals surface area (Å²) >= 11 is 1.58. The summed E-state index contributed by atoms with van der Waals surface area (Å²) < 4.78 is 0.926. The lowest BCUT2D eigenvalue weighted by Crippen LogP contribution is -1.74. The van der Waals surface area contributed by atoms with Crippen LogP contribution in [0.15, 0.2) is 47.0 Å². The molecule has 0 aliphatic carbocycles. The standard InChI is InChI=1S/C13H10N4OS/c1-8-6-9-11(18)3-2-10(13(9)19-8)16-17-12-4-5-14-7-15-12/h2-7,18H,1H3/b17-16+. The molecule has 3 rings (SSSR count). The smallest absolute Gasteiger partial charge is 0.177 e. The number of azo groups is 1. The van der Waals surface area contributed by atoms with E-state index in [9.17, 15) is 5.11 Å². The first-order valence-corrected chi connectivity index (χ1v) is 6.45. The molecule has 0 spiro atoms. The Balaban J connectivity index is 2.06. The Morgan fingerprint density at radius 3 is 2.89 bits per heavy atom. The van der Waals surface area contributed by atoms with Crippen molar-refractivity contribution in [3.05, 3.63) is 41.7 Å². The number of aromatic hydroxyl groups is 1. The number of aromatic nitrogens is 2. The Morgan fingerprint density at radius 1 is 1.21 bits per heavy atom. The summed E-state index contributed by atoms with van der Waals surface area (Å²) in [6.07, 6.45) is 3.04. The summed E-state index contributed by atoms with van der Waals surface area (Å²) in [5.74, 6) is 0.768. The predicted molar refractivity (Wildman–Crippen MR) is 74.4 cm³/mol. The van der Waals surface area contributed by atoms with Gasteiger partial charge in [-0.05, 0) is 25.1 Å². The van der Waals surface area contributed by atoms with Crippen molar-refractivity contribution in [2.75, 3.05) is 0 Å². The molecular formula is C13H10N4OS. The monoisotopic (exact) mass is 270 g/mol. The van der Waals surface area contributed by atoms with Gasteiger partial charge in [-0.25, -0.2) is 9.97 Å². The van der Waals surface area contributed by atoms with Crippen LogP contribution in [0.1, 0.15) is 4.88 Å². The first-order valence-electron chi connectivity index (χ1n) is 5.64. The second-order valence-corrected chi connectivity index (χ2v) is 5.23. The summed E-state index contributed by atoms with van der Waals surface area (Å²) in [7, 11) is 0. The van der Waals surface area contributed by atoms with Crippen molar-refractivity contribution in [1.29, 1.82) is 0 Å². The lowest BCUT2D eigenvalue weighted by Gasteiger charge is -1.97. The SMILES string of the molecule is Cc1cc2c(O)ccc(/N=N/c3ccncn3)c2s1. The van der Waals surface area contributed by atoms with Crippen LogP contribution in [0, 0.1) is 6.92 Å². The van der Waals surface area contributed by atoms with Crippen LogP contribution in [0.5, 0.6) is 5.75 Å². The lowest BCUT2D eigenvalue weighted by molar-refractivity contribution is 0.482. The molecule has 6 heteroatoms. The molecule has 0 unspecified atom stereocenters. The van der Waals surface area contributed by atoms with Gasteiger partial charge < -0.3 is 5.11 Å². The maximum Gasteiger partial charge on any atom is 0.177 e. The molecule has 0 aliphatic rings. The quantitative estimate of drug-likeness (QED) is 0.712. The molecule has 1 aromatic carbocycles. The number of nitrogens with zero attached hydrogens (tertiary/aromatic N) is 4. The molecule has 0 radical (unpaired) electrons. The minimum atomic E-state index is 0.264. The van der Waals surface area contributed by atoms with Gasteiger partial charge in [-0.15, -0.1) is 21.6 Å². The van der Waals surface area contributed by atoms with E-state index >= 15 is 0 Å². The summed E-state index contributed by atoms with van der Waals surface area (Å²) in [6, 6.07) is 7.00. The van der Waals surface area contributed by atoms with Crippen molar-refractivity contribution >= 4 is 32.9 Å². The van der Waals surface area contributed by atoms with Crippen LogP contribution >= 0.6 is 11.3 Å². The first-order chi connectivity index (χ1) is 9.24. The third-order valence-corrected chi connectivity index (χ3v) is 3.66. The van der Waals surface area contributed by atoms with Crippen molar-refractivity contribution in [3.8, 4) is 5.75 Å². The number of hydrogen-bond acceptors (Lipinski definition) is 6. The van der Waals surface area contributed by atoms with Crippen LogP contribution < -0.4 is 0 Å². The van der Waals surface area contributed by atoms with Crippen LogP contribution in [0.3, 0.4) is 0 Å². The highest BCUT2D eigenvalue weighted by atomic mass is 32.1. The van der Waals surface area contributed by atoms with Crippen LogP contribution in [0.2, 0.25) is 0 Å². The van der Waals surface area contributed by atoms with Gasteiger partial charge in [-0.3, -0.25) is 0 Å². The molecule has 0 amide bonds. The molecule has 2 heterocycles. The second-order valence-electron chi connectivity index (χ2n) is 3.97. The summed E-state index contributed by atoms with van der Waals surface area (Å²) in [4.78, 5) is 8.92. The third-order valence-electron chi connectivity index (χ3n) is 2.59. The van der Waals surface area contributed by atoms with E-state index in [0.717, 1.165) is 20.7 Å². The van der Waals surface area contributed by atoms with Crippen molar-refractivity contribution in [3.63, 3.8) is 0 Å². The third kappa shape index (κ3) is 2.30. The number of benzene rings is 1. The Morgan fingerprint density at radius 2 is 2.11 bits per heavy atom. The molecular weight excluding hydrogens is 260 g/mol. The van der Waals surface area contributed by atoms with E-state index in [-0.39, 0.29) is 5.75 Å². The number of rotatable bonds is 2. The maximum atomic E-state index is 9.81. The number of fused-ring (bicyclic) bond motifs is 1. The molecule has 2 aromatic heterocycles. The second kappa shape index (κ2) is 4.74. The summed E-state index contributed by atoms with van der Waals surface area (Å²) in [5.41, 5.74) is 0.726. The minimum Gasteiger partial charge on any atom is -0.507 e. The average Bonchev–Trinajstić information content (AvgIpc) is 2.82. The van der Waals surface area contributed by atoms with Crippen molar-refractivity contribution in [2.45, 2.75) is 6.92 Å².